The van der Waals surface area contributed by atoms with E-state index in [1.165, 1.54) is 4.90 Å². The van der Waals surface area contributed by atoms with Gasteiger partial charge in [0.15, 0.2) is 16.6 Å². The molecular weight excluding hydrogens is 963 g/mol. The van der Waals surface area contributed by atoms with Crippen molar-refractivity contribution in [1.29, 1.82) is 0 Å². The first-order chi connectivity index (χ1) is 34.1. The highest BCUT2D eigenvalue weighted by Crippen LogP contribution is 2.39. The first-order valence-electron chi connectivity index (χ1n) is 27.4. The lowest BCUT2D eigenvalue weighted by Crippen LogP contribution is -2.61. The highest BCUT2D eigenvalue weighted by Gasteiger charge is 2.53. The lowest BCUT2D eigenvalue weighted by molar-refractivity contribution is -0.265. The van der Waals surface area contributed by atoms with E-state index in [9.17, 15) is 34.2 Å². The molecule has 0 radical (unpaired) electrons. The molecular formula is C57H95NO13Si2. The van der Waals surface area contributed by atoms with E-state index in [1.807, 2.05) is 90.7 Å². The summed E-state index contributed by atoms with van der Waals surface area (Å²) in [5, 5.41) is 22.9. The number of carbonyl (C=O) groups is 5. The van der Waals surface area contributed by atoms with E-state index < -0.39 is 101 Å². The van der Waals surface area contributed by atoms with Crippen LogP contribution >= 0.6 is 0 Å². The number of methoxy groups -OCH3 is 2. The predicted octanol–water partition coefficient (Wildman–Crippen LogP) is 9.49. The van der Waals surface area contributed by atoms with Gasteiger partial charge in [-0.15, -0.1) is 0 Å². The van der Waals surface area contributed by atoms with Crippen LogP contribution in [0.25, 0.3) is 0 Å². The number of aliphatic hydroxyl groups excluding tert-OH is 1. The number of fused-ring (bicyclic) bond motifs is 3. The van der Waals surface area contributed by atoms with Crippen LogP contribution < -0.4 is 0 Å². The fourth-order valence-corrected chi connectivity index (χ4v) is 13.6. The molecule has 73 heavy (non-hydrogen) atoms. The van der Waals surface area contributed by atoms with Crippen molar-refractivity contribution in [3.05, 3.63) is 47.6 Å². The van der Waals surface area contributed by atoms with Gasteiger partial charge >= 0.3 is 5.97 Å². The van der Waals surface area contributed by atoms with Crippen LogP contribution in [0, 0.1) is 41.4 Å². The van der Waals surface area contributed by atoms with Crippen LogP contribution in [0.5, 0.6) is 0 Å². The fraction of sp³-hybridized carbons (Fsp3) is 0.772. The van der Waals surface area contributed by atoms with Gasteiger partial charge in [-0.2, -0.15) is 0 Å². The fourth-order valence-electron chi connectivity index (χ4n) is 11.3. The molecule has 1 saturated carbocycles. The molecule has 0 aromatic heterocycles. The number of ether oxygens (including phenoxy) is 4. The molecule has 3 aliphatic heterocycles. The van der Waals surface area contributed by atoms with Crippen molar-refractivity contribution in [2.24, 2.45) is 41.4 Å². The van der Waals surface area contributed by atoms with Crippen LogP contribution in [-0.2, 0) is 51.8 Å². The summed E-state index contributed by atoms with van der Waals surface area (Å²) in [7, 11) is -0.860. The largest absolute Gasteiger partial charge is 0.460 e. The van der Waals surface area contributed by atoms with E-state index in [-0.39, 0.29) is 60.9 Å². The van der Waals surface area contributed by atoms with Crippen molar-refractivity contribution in [3.8, 4) is 0 Å². The van der Waals surface area contributed by atoms with Gasteiger partial charge in [0, 0.05) is 51.4 Å². The maximum absolute atomic E-state index is 14.7. The van der Waals surface area contributed by atoms with Crippen LogP contribution in [0.15, 0.2) is 47.6 Å². The minimum Gasteiger partial charge on any atom is -0.460 e. The summed E-state index contributed by atoms with van der Waals surface area (Å²) in [6, 6.07) is -1.12. The zero-order chi connectivity index (χ0) is 54.6. The molecule has 16 heteroatoms. The molecule has 1 amide bonds. The number of hydrogen-bond acceptors (Lipinski definition) is 13. The highest BCUT2D eigenvalue weighted by atomic mass is 28.4. The Morgan fingerprint density at radius 3 is 2.12 bits per heavy atom. The van der Waals surface area contributed by atoms with Crippen LogP contribution in [-0.4, -0.2) is 137 Å². The number of amides is 1. The normalized spacial score (nSPS) is 37.8. The third-order valence-corrected chi connectivity index (χ3v) is 17.5. The molecule has 4 rings (SSSR count). The quantitative estimate of drug-likeness (QED) is 0.0914. The average molecular weight is 1060 g/mol. The molecule has 0 spiro atoms. The first kappa shape index (κ1) is 62.6. The number of nitrogens with zero attached hydrogens (tertiary/aromatic N) is 1. The van der Waals surface area contributed by atoms with Crippen molar-refractivity contribution in [2.45, 2.75) is 213 Å². The number of esters is 1. The van der Waals surface area contributed by atoms with Gasteiger partial charge < -0.3 is 42.9 Å². The zero-order valence-corrected chi connectivity index (χ0v) is 49.3. The summed E-state index contributed by atoms with van der Waals surface area (Å²) in [6.07, 6.45) is 14.9. The maximum atomic E-state index is 14.7. The Labute approximate surface area is 440 Å². The first-order valence-corrected chi connectivity index (χ1v) is 34.2. The van der Waals surface area contributed by atoms with Crippen molar-refractivity contribution in [1.82, 2.24) is 4.90 Å². The summed E-state index contributed by atoms with van der Waals surface area (Å²) >= 11 is 0. The van der Waals surface area contributed by atoms with E-state index in [4.69, 9.17) is 27.8 Å². The predicted molar refractivity (Wildman–Crippen MR) is 289 cm³/mol. The Bertz CT molecular complexity index is 1990. The summed E-state index contributed by atoms with van der Waals surface area (Å²) in [6.45, 7) is 25.5. The molecule has 0 aromatic rings. The van der Waals surface area contributed by atoms with Crippen molar-refractivity contribution in [2.75, 3.05) is 27.4 Å². The van der Waals surface area contributed by atoms with E-state index in [1.54, 1.807) is 28.1 Å². The third kappa shape index (κ3) is 18.1. The lowest BCUT2D eigenvalue weighted by atomic mass is 9.78. The Morgan fingerprint density at radius 2 is 1.49 bits per heavy atom. The summed E-state index contributed by atoms with van der Waals surface area (Å²) < 4.78 is 37.7. The molecule has 0 aromatic carbocycles. The van der Waals surface area contributed by atoms with Gasteiger partial charge in [0.2, 0.25) is 5.79 Å². The Morgan fingerprint density at radius 1 is 0.808 bits per heavy atom. The minimum absolute atomic E-state index is 0.0121. The smallest absolute Gasteiger partial charge is 0.329 e. The van der Waals surface area contributed by atoms with Gasteiger partial charge in [0.1, 0.15) is 23.7 Å². The van der Waals surface area contributed by atoms with Gasteiger partial charge in [0.05, 0.1) is 43.0 Å². The van der Waals surface area contributed by atoms with Crippen LogP contribution in [0.3, 0.4) is 0 Å². The maximum Gasteiger partial charge on any atom is 0.329 e. The van der Waals surface area contributed by atoms with Crippen molar-refractivity contribution >= 4 is 45.9 Å². The van der Waals surface area contributed by atoms with E-state index >= 15 is 0 Å². The Kier molecular flexibility index (Phi) is 23.9. The van der Waals surface area contributed by atoms with E-state index in [2.05, 4.69) is 19.6 Å². The van der Waals surface area contributed by atoms with Crippen molar-refractivity contribution in [3.63, 3.8) is 0 Å². The second-order valence-corrected chi connectivity index (χ2v) is 33.1. The molecule has 2 N–H and O–H groups in total. The third-order valence-electron chi connectivity index (χ3n) is 15.5. The molecule has 4 aliphatic rings. The second kappa shape index (κ2) is 27.9. The number of carbonyl (C=O) groups excluding carboxylic acids is 5. The standard InChI is InChI=1S/C57H95NO13Si2/c1-36-21-17-16-18-22-37(2)49(66-8)33-44-26-24-42(7)57(65,69-44)54(62)55(63)58-28-20-19-23-46(58)56(64)68-50(39(4)31-43-25-27-48(51(32-43)67-9)70-72(10,11)12)34-47(60)38(3)30-41(6)53(71-73(13,14)15)45(35-59)52(61)40(5)29-36/h16-18,21-22,30,36,38-40,42-46,48-51,53,59,65H,19-20,23-29,31-35H2,1-15H3/b18-16+,21-17+,37-22+,41-30+. The van der Waals surface area contributed by atoms with Gasteiger partial charge in [-0.05, 0) is 146 Å². The molecule has 14 nitrogen and oxygen atoms in total. The molecule has 15 atom stereocenters. The summed E-state index contributed by atoms with van der Waals surface area (Å²) in [5.41, 5.74) is 1.56. The lowest BCUT2D eigenvalue weighted by Gasteiger charge is -2.42. The number of hydrogen-bond donors (Lipinski definition) is 2. The molecule has 3 heterocycles. The van der Waals surface area contributed by atoms with Crippen LogP contribution in [0.2, 0.25) is 39.3 Å². The summed E-state index contributed by atoms with van der Waals surface area (Å²) in [5.74, 6) is -8.24. The number of piperidine rings is 1. The number of allylic oxidation sites excluding steroid dienone is 6. The van der Waals surface area contributed by atoms with Gasteiger partial charge in [-0.25, -0.2) is 4.79 Å². The number of rotatable bonds is 10. The Balaban J connectivity index is 1.76. The minimum atomic E-state index is -2.42. The zero-order valence-electron chi connectivity index (χ0n) is 47.3. The van der Waals surface area contributed by atoms with E-state index in [0.29, 0.717) is 50.5 Å². The number of ketones is 3. The second-order valence-electron chi connectivity index (χ2n) is 24.1. The molecule has 2 bridgehead atoms. The van der Waals surface area contributed by atoms with Crippen molar-refractivity contribution < 1.29 is 62.0 Å². The summed E-state index contributed by atoms with van der Waals surface area (Å²) in [4.78, 5) is 73.6. The number of aliphatic hydroxyl groups is 2. The molecule has 1 aliphatic carbocycles. The molecule has 3 fully saturated rings. The Hall–Kier alpha value is -2.94. The van der Waals surface area contributed by atoms with Gasteiger partial charge in [0.25, 0.3) is 11.7 Å². The average Bonchev–Trinajstić information content (AvgIpc) is 3.32. The van der Waals surface area contributed by atoms with Gasteiger partial charge in [-0.3, -0.25) is 19.2 Å². The topological polar surface area (TPSA) is 184 Å². The molecule has 15 unspecified atom stereocenters. The number of cyclic esters (lactones) is 1. The van der Waals surface area contributed by atoms with Crippen LogP contribution in [0.1, 0.15) is 126 Å². The molecule has 414 valence electrons. The SMILES string of the molecule is COC1CC2CCC(C)C(O)(O2)C(=O)C(=O)N2CCCCC2C(=O)OC(C(C)CC2CCC(O[Si](C)(C)C)C(OC)C2)CC(=O)C(C)/C=C(\C)C(O[Si](C)(C)C)C(CO)C(=O)C(C)CC(C)/C=C/C=C/C=C/1C. The molecule has 2 saturated heterocycles. The number of Topliss-reactive ketones (excluding diaryl/α,β-unsaturated/α-hetero) is 3. The monoisotopic (exact) mass is 1060 g/mol. The van der Waals surface area contributed by atoms with Gasteiger partial charge in [-0.1, -0.05) is 71.1 Å². The van der Waals surface area contributed by atoms with Crippen LogP contribution in [0.4, 0.5) is 0 Å². The van der Waals surface area contributed by atoms with E-state index in [0.717, 1.165) is 24.8 Å². The highest BCUT2D eigenvalue weighted by molar-refractivity contribution is 6.70.